The summed E-state index contributed by atoms with van der Waals surface area (Å²) in [7, 11) is 3.24. The molecule has 2 aromatic carbocycles. The SMILES string of the molecule is COc1ccc(NC(=O)c2sc(-c3ccc(OC)cc3)nc2C)cc1. The van der Waals surface area contributed by atoms with Crippen LogP contribution >= 0.6 is 11.3 Å². The molecule has 0 fully saturated rings. The molecule has 1 aromatic heterocycles. The van der Waals surface area contributed by atoms with Gasteiger partial charge in [0.2, 0.25) is 0 Å². The molecule has 0 bridgehead atoms. The quantitative estimate of drug-likeness (QED) is 0.738. The van der Waals surface area contributed by atoms with Gasteiger partial charge in [0.1, 0.15) is 21.4 Å². The fourth-order valence-corrected chi connectivity index (χ4v) is 3.29. The van der Waals surface area contributed by atoms with Crippen LogP contribution in [0.2, 0.25) is 0 Å². The van der Waals surface area contributed by atoms with Gasteiger partial charge in [0.25, 0.3) is 5.91 Å². The molecule has 1 amide bonds. The molecule has 0 aliphatic carbocycles. The number of carbonyl (C=O) groups excluding carboxylic acids is 1. The summed E-state index contributed by atoms with van der Waals surface area (Å²) in [6, 6.07) is 14.8. The van der Waals surface area contributed by atoms with Crippen LogP contribution in [0.1, 0.15) is 15.4 Å². The number of anilines is 1. The summed E-state index contributed by atoms with van der Waals surface area (Å²) in [5.74, 6) is 1.36. The Bertz CT molecular complexity index is 871. The van der Waals surface area contributed by atoms with Crippen LogP contribution in [-0.2, 0) is 0 Å². The molecular weight excluding hydrogens is 336 g/mol. The number of aromatic nitrogens is 1. The van der Waals surface area contributed by atoms with Gasteiger partial charge in [0.15, 0.2) is 0 Å². The third-order valence-corrected chi connectivity index (χ3v) is 4.89. The van der Waals surface area contributed by atoms with E-state index in [1.807, 2.05) is 31.2 Å². The number of rotatable bonds is 5. The van der Waals surface area contributed by atoms with Gasteiger partial charge in [-0.25, -0.2) is 4.98 Å². The summed E-state index contributed by atoms with van der Waals surface area (Å²) in [6.07, 6.45) is 0. The number of nitrogens with one attached hydrogen (secondary N) is 1. The van der Waals surface area contributed by atoms with Crippen LogP contribution in [0, 0.1) is 6.92 Å². The fraction of sp³-hybridized carbons (Fsp3) is 0.158. The lowest BCUT2D eigenvalue weighted by Gasteiger charge is -2.05. The molecule has 0 radical (unpaired) electrons. The molecular formula is C19H18N2O3S. The molecule has 3 aromatic rings. The lowest BCUT2D eigenvalue weighted by Crippen LogP contribution is -2.11. The van der Waals surface area contributed by atoms with Crippen LogP contribution in [0.3, 0.4) is 0 Å². The molecule has 3 rings (SSSR count). The van der Waals surface area contributed by atoms with Crippen molar-refractivity contribution in [3.8, 4) is 22.1 Å². The minimum absolute atomic E-state index is 0.167. The third kappa shape index (κ3) is 3.80. The zero-order valence-corrected chi connectivity index (χ0v) is 15.0. The van der Waals surface area contributed by atoms with Gasteiger partial charge in [-0.15, -0.1) is 11.3 Å². The van der Waals surface area contributed by atoms with E-state index in [0.29, 0.717) is 16.3 Å². The molecule has 0 saturated heterocycles. The summed E-state index contributed by atoms with van der Waals surface area (Å²) in [6.45, 7) is 1.84. The first-order chi connectivity index (χ1) is 12.1. The van der Waals surface area contributed by atoms with Crippen LogP contribution in [0.4, 0.5) is 5.69 Å². The van der Waals surface area contributed by atoms with Crippen molar-refractivity contribution in [1.82, 2.24) is 4.98 Å². The van der Waals surface area contributed by atoms with E-state index in [1.54, 1.807) is 38.5 Å². The number of hydrogen-bond acceptors (Lipinski definition) is 5. The second-order valence-corrected chi connectivity index (χ2v) is 6.34. The van der Waals surface area contributed by atoms with Crippen molar-refractivity contribution in [2.24, 2.45) is 0 Å². The van der Waals surface area contributed by atoms with E-state index in [1.165, 1.54) is 11.3 Å². The molecule has 0 atom stereocenters. The van der Waals surface area contributed by atoms with E-state index in [9.17, 15) is 4.79 Å². The summed E-state index contributed by atoms with van der Waals surface area (Å²) in [5.41, 5.74) is 2.38. The van der Waals surface area contributed by atoms with Crippen molar-refractivity contribution >= 4 is 22.9 Å². The molecule has 128 valence electrons. The van der Waals surface area contributed by atoms with E-state index < -0.39 is 0 Å². The number of ether oxygens (including phenoxy) is 2. The highest BCUT2D eigenvalue weighted by Crippen LogP contribution is 2.29. The van der Waals surface area contributed by atoms with Gasteiger partial charge in [-0.1, -0.05) is 0 Å². The van der Waals surface area contributed by atoms with Crippen molar-refractivity contribution in [2.75, 3.05) is 19.5 Å². The molecule has 6 heteroatoms. The Morgan fingerprint density at radius 3 is 2.08 bits per heavy atom. The Balaban J connectivity index is 1.79. The van der Waals surface area contributed by atoms with E-state index >= 15 is 0 Å². The average molecular weight is 354 g/mol. The second kappa shape index (κ2) is 7.36. The lowest BCUT2D eigenvalue weighted by molar-refractivity contribution is 0.103. The van der Waals surface area contributed by atoms with Gasteiger partial charge in [-0.2, -0.15) is 0 Å². The molecule has 0 unspecified atom stereocenters. The van der Waals surface area contributed by atoms with Crippen LogP contribution < -0.4 is 14.8 Å². The van der Waals surface area contributed by atoms with Crippen molar-refractivity contribution in [3.63, 3.8) is 0 Å². The highest BCUT2D eigenvalue weighted by molar-refractivity contribution is 7.17. The van der Waals surface area contributed by atoms with E-state index in [4.69, 9.17) is 9.47 Å². The van der Waals surface area contributed by atoms with Crippen LogP contribution in [0.15, 0.2) is 48.5 Å². The van der Waals surface area contributed by atoms with Gasteiger partial charge in [0.05, 0.1) is 19.9 Å². The summed E-state index contributed by atoms with van der Waals surface area (Å²) >= 11 is 1.37. The maximum Gasteiger partial charge on any atom is 0.267 e. The maximum absolute atomic E-state index is 12.5. The minimum Gasteiger partial charge on any atom is -0.497 e. The average Bonchev–Trinajstić information content (AvgIpc) is 3.04. The highest BCUT2D eigenvalue weighted by Gasteiger charge is 2.16. The van der Waals surface area contributed by atoms with Crippen LogP contribution in [0.25, 0.3) is 10.6 Å². The second-order valence-electron chi connectivity index (χ2n) is 5.34. The first-order valence-electron chi connectivity index (χ1n) is 7.68. The first-order valence-corrected chi connectivity index (χ1v) is 8.49. The Hall–Kier alpha value is -2.86. The van der Waals surface area contributed by atoms with Gasteiger partial charge < -0.3 is 14.8 Å². The summed E-state index contributed by atoms with van der Waals surface area (Å²) < 4.78 is 10.3. The summed E-state index contributed by atoms with van der Waals surface area (Å²) in [4.78, 5) is 17.7. The molecule has 0 aliphatic rings. The van der Waals surface area contributed by atoms with Gasteiger partial charge in [-0.05, 0) is 55.5 Å². The minimum atomic E-state index is -0.167. The van der Waals surface area contributed by atoms with Crippen molar-refractivity contribution in [3.05, 3.63) is 59.1 Å². The number of hydrogen-bond donors (Lipinski definition) is 1. The maximum atomic E-state index is 12.5. The first kappa shape index (κ1) is 17.0. The standard InChI is InChI=1S/C19H18N2O3S/c1-12-17(18(22)21-14-6-10-16(24-3)11-7-14)25-19(20-12)13-4-8-15(23-2)9-5-13/h4-11H,1-3H3,(H,21,22). The fourth-order valence-electron chi connectivity index (χ4n) is 2.33. The normalized spacial score (nSPS) is 10.4. The van der Waals surface area contributed by atoms with Crippen molar-refractivity contribution < 1.29 is 14.3 Å². The highest BCUT2D eigenvalue weighted by atomic mass is 32.1. The Kier molecular flexibility index (Phi) is 5.00. The number of amides is 1. The lowest BCUT2D eigenvalue weighted by atomic mass is 10.2. The van der Waals surface area contributed by atoms with E-state index in [0.717, 1.165) is 22.1 Å². The number of carbonyl (C=O) groups is 1. The molecule has 1 N–H and O–H groups in total. The van der Waals surface area contributed by atoms with Crippen LogP contribution in [0.5, 0.6) is 11.5 Å². The van der Waals surface area contributed by atoms with Crippen LogP contribution in [-0.4, -0.2) is 25.1 Å². The number of methoxy groups -OCH3 is 2. The smallest absolute Gasteiger partial charge is 0.267 e. The topological polar surface area (TPSA) is 60.5 Å². The van der Waals surface area contributed by atoms with Crippen molar-refractivity contribution in [2.45, 2.75) is 6.92 Å². The van der Waals surface area contributed by atoms with Crippen molar-refractivity contribution in [1.29, 1.82) is 0 Å². The number of nitrogens with zero attached hydrogens (tertiary/aromatic N) is 1. The molecule has 0 spiro atoms. The molecule has 5 nitrogen and oxygen atoms in total. The molecule has 0 aliphatic heterocycles. The molecule has 1 heterocycles. The number of benzene rings is 2. The van der Waals surface area contributed by atoms with Gasteiger partial charge in [0, 0.05) is 11.3 Å². The largest absolute Gasteiger partial charge is 0.497 e. The third-order valence-electron chi connectivity index (χ3n) is 3.69. The predicted octanol–water partition coefficient (Wildman–Crippen LogP) is 4.39. The zero-order chi connectivity index (χ0) is 17.8. The Morgan fingerprint density at radius 2 is 1.52 bits per heavy atom. The van der Waals surface area contributed by atoms with Gasteiger partial charge >= 0.3 is 0 Å². The van der Waals surface area contributed by atoms with Gasteiger partial charge in [-0.3, -0.25) is 4.79 Å². The molecule has 0 saturated carbocycles. The zero-order valence-electron chi connectivity index (χ0n) is 14.2. The number of thiazole rings is 1. The Morgan fingerprint density at radius 1 is 0.960 bits per heavy atom. The number of aryl methyl sites for hydroxylation is 1. The Labute approximate surface area is 150 Å². The monoisotopic (exact) mass is 354 g/mol. The molecule has 25 heavy (non-hydrogen) atoms. The summed E-state index contributed by atoms with van der Waals surface area (Å²) in [5, 5.41) is 3.69. The van der Waals surface area contributed by atoms with E-state index in [2.05, 4.69) is 10.3 Å². The van der Waals surface area contributed by atoms with E-state index in [-0.39, 0.29) is 5.91 Å². The predicted molar refractivity (Wildman–Crippen MR) is 99.8 cm³/mol.